The molecule has 4 rings (SSSR count). The van der Waals surface area contributed by atoms with Crippen molar-refractivity contribution in [2.45, 2.75) is 25.8 Å². The van der Waals surface area contributed by atoms with E-state index < -0.39 is 0 Å². The Morgan fingerprint density at radius 3 is 2.81 bits per heavy atom. The zero-order valence-electron chi connectivity index (χ0n) is 12.1. The first-order valence-electron chi connectivity index (χ1n) is 7.46. The predicted octanol–water partition coefficient (Wildman–Crippen LogP) is 3.38. The molecule has 21 heavy (non-hydrogen) atoms. The number of fused-ring (bicyclic) bond motifs is 1. The molecule has 2 aromatic heterocycles. The van der Waals surface area contributed by atoms with Crippen molar-refractivity contribution in [2.24, 2.45) is 0 Å². The number of nitrogens with zero attached hydrogens (tertiary/aromatic N) is 4. The van der Waals surface area contributed by atoms with E-state index in [0.29, 0.717) is 6.04 Å². The molecule has 106 valence electrons. The standard InChI is InChI=1S/C17H18N4/c1-13-12-18-16-9-10-17(19-21(13)16)20-11-5-8-15(20)14-6-3-2-4-7-14/h2-4,6-7,9-10,12,15H,5,8,11H2,1H3. The quantitative estimate of drug-likeness (QED) is 0.720. The van der Waals surface area contributed by atoms with Gasteiger partial charge in [0.05, 0.1) is 17.9 Å². The Balaban J connectivity index is 1.74. The van der Waals surface area contributed by atoms with Crippen molar-refractivity contribution < 1.29 is 0 Å². The third-order valence-corrected chi connectivity index (χ3v) is 4.25. The number of aromatic nitrogens is 3. The summed E-state index contributed by atoms with van der Waals surface area (Å²) in [5, 5.41) is 4.77. The van der Waals surface area contributed by atoms with Crippen molar-refractivity contribution in [3.05, 3.63) is 59.9 Å². The smallest absolute Gasteiger partial charge is 0.153 e. The lowest BCUT2D eigenvalue weighted by atomic mass is 10.0. The summed E-state index contributed by atoms with van der Waals surface area (Å²) in [6.45, 7) is 3.10. The molecule has 0 aliphatic carbocycles. The van der Waals surface area contributed by atoms with Gasteiger partial charge in [-0.05, 0) is 37.5 Å². The lowest BCUT2D eigenvalue weighted by Crippen LogP contribution is -2.24. The Kier molecular flexibility index (Phi) is 2.88. The summed E-state index contributed by atoms with van der Waals surface area (Å²) in [6.07, 6.45) is 4.26. The molecule has 3 aromatic rings. The van der Waals surface area contributed by atoms with E-state index >= 15 is 0 Å². The molecule has 1 atom stereocenters. The van der Waals surface area contributed by atoms with Gasteiger partial charge in [0, 0.05) is 6.54 Å². The monoisotopic (exact) mass is 278 g/mol. The van der Waals surface area contributed by atoms with Gasteiger partial charge >= 0.3 is 0 Å². The van der Waals surface area contributed by atoms with Gasteiger partial charge in [-0.2, -0.15) is 0 Å². The fraction of sp³-hybridized carbons (Fsp3) is 0.294. The fourth-order valence-electron chi connectivity index (χ4n) is 3.19. The summed E-state index contributed by atoms with van der Waals surface area (Å²) in [5.74, 6) is 1.04. The van der Waals surface area contributed by atoms with Crippen LogP contribution in [-0.4, -0.2) is 21.1 Å². The van der Waals surface area contributed by atoms with Gasteiger partial charge in [-0.1, -0.05) is 30.3 Å². The lowest BCUT2D eigenvalue weighted by molar-refractivity contribution is 0.701. The normalized spacial score (nSPS) is 18.5. The Labute approximate surface area is 124 Å². The Morgan fingerprint density at radius 2 is 1.95 bits per heavy atom. The average molecular weight is 278 g/mol. The zero-order valence-corrected chi connectivity index (χ0v) is 12.1. The van der Waals surface area contributed by atoms with Crippen molar-refractivity contribution in [3.63, 3.8) is 0 Å². The highest BCUT2D eigenvalue weighted by Gasteiger charge is 2.27. The van der Waals surface area contributed by atoms with Gasteiger partial charge < -0.3 is 4.90 Å². The molecule has 0 N–H and O–H groups in total. The molecule has 1 unspecified atom stereocenters. The first-order chi connectivity index (χ1) is 10.3. The van der Waals surface area contributed by atoms with E-state index in [1.165, 1.54) is 18.4 Å². The van der Waals surface area contributed by atoms with Crippen LogP contribution in [0.4, 0.5) is 5.82 Å². The van der Waals surface area contributed by atoms with E-state index in [1.54, 1.807) is 0 Å². The topological polar surface area (TPSA) is 33.4 Å². The van der Waals surface area contributed by atoms with E-state index in [4.69, 9.17) is 5.10 Å². The molecule has 0 saturated carbocycles. The van der Waals surface area contributed by atoms with Gasteiger partial charge in [-0.3, -0.25) is 0 Å². The number of benzene rings is 1. The van der Waals surface area contributed by atoms with Crippen LogP contribution >= 0.6 is 0 Å². The lowest BCUT2D eigenvalue weighted by Gasteiger charge is -2.26. The van der Waals surface area contributed by atoms with Crippen LogP contribution in [0.2, 0.25) is 0 Å². The molecule has 1 aliphatic rings. The van der Waals surface area contributed by atoms with Crippen LogP contribution in [0, 0.1) is 6.92 Å². The summed E-state index contributed by atoms with van der Waals surface area (Å²) >= 11 is 0. The number of aryl methyl sites for hydroxylation is 1. The Morgan fingerprint density at radius 1 is 1.10 bits per heavy atom. The maximum absolute atomic E-state index is 4.77. The van der Waals surface area contributed by atoms with Crippen LogP contribution in [0.5, 0.6) is 0 Å². The number of hydrogen-bond donors (Lipinski definition) is 0. The first kappa shape index (κ1) is 12.4. The minimum atomic E-state index is 0.431. The molecule has 4 heteroatoms. The average Bonchev–Trinajstić information content (AvgIpc) is 3.15. The molecule has 0 amide bonds. The van der Waals surface area contributed by atoms with Crippen LogP contribution in [0.25, 0.3) is 5.65 Å². The van der Waals surface area contributed by atoms with Crippen LogP contribution < -0.4 is 4.90 Å². The van der Waals surface area contributed by atoms with Gasteiger partial charge in [-0.25, -0.2) is 9.50 Å². The second-order valence-corrected chi connectivity index (χ2v) is 5.62. The largest absolute Gasteiger partial charge is 0.348 e. The summed E-state index contributed by atoms with van der Waals surface area (Å²) in [6, 6.07) is 15.3. The second kappa shape index (κ2) is 4.88. The van der Waals surface area contributed by atoms with Gasteiger partial charge in [0.1, 0.15) is 5.82 Å². The maximum atomic E-state index is 4.77. The third-order valence-electron chi connectivity index (χ3n) is 4.25. The van der Waals surface area contributed by atoms with Crippen molar-refractivity contribution in [1.29, 1.82) is 0 Å². The summed E-state index contributed by atoms with van der Waals surface area (Å²) in [4.78, 5) is 6.76. The highest BCUT2D eigenvalue weighted by molar-refractivity contribution is 5.49. The summed E-state index contributed by atoms with van der Waals surface area (Å²) in [7, 11) is 0. The molecular weight excluding hydrogens is 260 g/mol. The predicted molar refractivity (Wildman–Crippen MR) is 83.5 cm³/mol. The fourth-order valence-corrected chi connectivity index (χ4v) is 3.19. The van der Waals surface area contributed by atoms with Gasteiger partial charge in [0.25, 0.3) is 0 Å². The minimum absolute atomic E-state index is 0.431. The molecule has 0 bridgehead atoms. The van der Waals surface area contributed by atoms with E-state index in [-0.39, 0.29) is 0 Å². The van der Waals surface area contributed by atoms with Crippen molar-refractivity contribution >= 4 is 11.5 Å². The van der Waals surface area contributed by atoms with Crippen LogP contribution in [0.1, 0.15) is 30.1 Å². The van der Waals surface area contributed by atoms with Crippen molar-refractivity contribution in [1.82, 2.24) is 14.6 Å². The van der Waals surface area contributed by atoms with E-state index in [2.05, 4.69) is 52.3 Å². The molecule has 3 heterocycles. The van der Waals surface area contributed by atoms with Crippen LogP contribution in [0.15, 0.2) is 48.7 Å². The highest BCUT2D eigenvalue weighted by atomic mass is 15.3. The molecular formula is C17H18N4. The molecule has 1 saturated heterocycles. The summed E-state index contributed by atoms with van der Waals surface area (Å²) in [5.41, 5.74) is 3.35. The van der Waals surface area contributed by atoms with E-state index in [9.17, 15) is 0 Å². The molecule has 4 nitrogen and oxygen atoms in total. The number of imidazole rings is 1. The molecule has 0 spiro atoms. The third kappa shape index (κ3) is 2.07. The van der Waals surface area contributed by atoms with Crippen molar-refractivity contribution in [2.75, 3.05) is 11.4 Å². The number of rotatable bonds is 2. The zero-order chi connectivity index (χ0) is 14.2. The van der Waals surface area contributed by atoms with Crippen molar-refractivity contribution in [3.8, 4) is 0 Å². The van der Waals surface area contributed by atoms with Crippen LogP contribution in [0.3, 0.4) is 0 Å². The highest BCUT2D eigenvalue weighted by Crippen LogP contribution is 2.34. The summed E-state index contributed by atoms with van der Waals surface area (Å²) < 4.78 is 1.93. The number of anilines is 1. The maximum Gasteiger partial charge on any atom is 0.153 e. The van der Waals surface area contributed by atoms with Gasteiger partial charge in [0.15, 0.2) is 5.65 Å². The second-order valence-electron chi connectivity index (χ2n) is 5.62. The Hall–Kier alpha value is -2.36. The first-order valence-corrected chi connectivity index (χ1v) is 7.46. The SMILES string of the molecule is Cc1cnc2ccc(N3CCCC3c3ccccc3)nn12. The molecule has 1 fully saturated rings. The Bertz CT molecular complexity index is 763. The molecule has 1 aromatic carbocycles. The van der Waals surface area contributed by atoms with E-state index in [0.717, 1.165) is 23.7 Å². The van der Waals surface area contributed by atoms with Crippen LogP contribution in [-0.2, 0) is 0 Å². The molecule has 0 radical (unpaired) electrons. The van der Waals surface area contributed by atoms with Gasteiger partial charge in [-0.15, -0.1) is 5.10 Å². The van der Waals surface area contributed by atoms with Gasteiger partial charge in [0.2, 0.25) is 0 Å². The molecule has 1 aliphatic heterocycles. The van der Waals surface area contributed by atoms with E-state index in [1.807, 2.05) is 17.6 Å². The minimum Gasteiger partial charge on any atom is -0.348 e. The number of hydrogen-bond acceptors (Lipinski definition) is 3.